The van der Waals surface area contributed by atoms with Crippen LogP contribution in [0.4, 0.5) is 10.3 Å². The van der Waals surface area contributed by atoms with E-state index in [-0.39, 0.29) is 11.7 Å². The molecule has 1 amide bonds. The molecule has 3 rings (SSSR count). The number of aryl methyl sites for hydroxylation is 1. The molecule has 1 fully saturated rings. The van der Waals surface area contributed by atoms with Gasteiger partial charge >= 0.3 is 0 Å². The third kappa shape index (κ3) is 5.97. The van der Waals surface area contributed by atoms with Crippen molar-refractivity contribution in [3.8, 4) is 0 Å². The molecular formula is C20H26FN5O2. The van der Waals surface area contributed by atoms with Crippen LogP contribution in [0.2, 0.25) is 0 Å². The van der Waals surface area contributed by atoms with Gasteiger partial charge in [0, 0.05) is 38.4 Å². The molecular weight excluding hydrogens is 361 g/mol. The van der Waals surface area contributed by atoms with Crippen LogP contribution in [0, 0.1) is 12.7 Å². The van der Waals surface area contributed by atoms with Crippen LogP contribution < -0.4 is 10.6 Å². The van der Waals surface area contributed by atoms with Gasteiger partial charge in [-0.3, -0.25) is 9.69 Å². The smallest absolute Gasteiger partial charge is 0.270 e. The molecule has 1 saturated heterocycles. The summed E-state index contributed by atoms with van der Waals surface area (Å²) in [5.41, 5.74) is 1.65. The number of carbonyl (C=O) groups is 1. The molecule has 0 saturated carbocycles. The maximum atomic E-state index is 13.7. The Labute approximate surface area is 164 Å². The van der Waals surface area contributed by atoms with Crippen molar-refractivity contribution in [2.24, 2.45) is 0 Å². The number of carbonyl (C=O) groups excluding carboxylic acids is 1. The number of amides is 1. The van der Waals surface area contributed by atoms with Gasteiger partial charge in [-0.05, 0) is 31.0 Å². The van der Waals surface area contributed by atoms with Crippen LogP contribution in [-0.4, -0.2) is 66.7 Å². The van der Waals surface area contributed by atoms with Crippen LogP contribution in [0.25, 0.3) is 0 Å². The van der Waals surface area contributed by atoms with Gasteiger partial charge in [0.05, 0.1) is 13.2 Å². The fourth-order valence-electron chi connectivity index (χ4n) is 3.02. The number of hydrogen-bond acceptors (Lipinski definition) is 6. The summed E-state index contributed by atoms with van der Waals surface area (Å²) in [6.45, 7) is 6.88. The molecule has 0 aliphatic carbocycles. The number of anilines is 1. The molecule has 2 N–H and O–H groups in total. The molecule has 1 aliphatic heterocycles. The van der Waals surface area contributed by atoms with Crippen molar-refractivity contribution in [3.05, 3.63) is 53.1 Å². The van der Waals surface area contributed by atoms with Crippen LogP contribution in [0.3, 0.4) is 0 Å². The summed E-state index contributed by atoms with van der Waals surface area (Å²) in [5, 5.41) is 5.97. The van der Waals surface area contributed by atoms with Gasteiger partial charge in [0.15, 0.2) is 0 Å². The monoisotopic (exact) mass is 387 g/mol. The van der Waals surface area contributed by atoms with Crippen molar-refractivity contribution in [1.82, 2.24) is 20.2 Å². The lowest BCUT2D eigenvalue weighted by atomic mass is 10.1. The molecule has 1 aromatic heterocycles. The fourth-order valence-corrected chi connectivity index (χ4v) is 3.02. The van der Waals surface area contributed by atoms with Crippen LogP contribution in [0.1, 0.15) is 21.7 Å². The maximum Gasteiger partial charge on any atom is 0.270 e. The molecule has 0 radical (unpaired) electrons. The Morgan fingerprint density at radius 3 is 2.79 bits per heavy atom. The van der Waals surface area contributed by atoms with E-state index in [1.54, 1.807) is 24.3 Å². The molecule has 0 unspecified atom stereocenters. The average molecular weight is 387 g/mol. The second-order valence-electron chi connectivity index (χ2n) is 6.70. The van der Waals surface area contributed by atoms with Crippen molar-refractivity contribution in [1.29, 1.82) is 0 Å². The van der Waals surface area contributed by atoms with Gasteiger partial charge in [-0.25, -0.2) is 14.4 Å². The first kappa shape index (κ1) is 20.2. The molecule has 28 heavy (non-hydrogen) atoms. The van der Waals surface area contributed by atoms with Crippen LogP contribution >= 0.6 is 0 Å². The Morgan fingerprint density at radius 1 is 1.21 bits per heavy atom. The van der Waals surface area contributed by atoms with E-state index >= 15 is 0 Å². The summed E-state index contributed by atoms with van der Waals surface area (Å²) in [7, 11) is 0. The fraction of sp³-hybridized carbons (Fsp3) is 0.450. The standard InChI is InChI=1S/C20H26FN5O2/c1-15-14-18(19(27)22-8-9-26-10-12-28-13-11-26)25-20(24-15)23-7-6-16-4-2-3-5-17(16)21/h2-5,14H,6-13H2,1H3,(H,22,27)(H,23,24,25). The minimum Gasteiger partial charge on any atom is -0.379 e. The van der Waals surface area contributed by atoms with Gasteiger partial charge in [-0.2, -0.15) is 0 Å². The first-order valence-electron chi connectivity index (χ1n) is 9.53. The van der Waals surface area contributed by atoms with Crippen molar-refractivity contribution < 1.29 is 13.9 Å². The Bertz CT molecular complexity index is 796. The molecule has 2 aromatic rings. The quantitative estimate of drug-likeness (QED) is 0.717. The van der Waals surface area contributed by atoms with Gasteiger partial charge in [0.2, 0.25) is 5.95 Å². The van der Waals surface area contributed by atoms with Gasteiger partial charge in [-0.1, -0.05) is 18.2 Å². The first-order valence-corrected chi connectivity index (χ1v) is 9.53. The minimum absolute atomic E-state index is 0.226. The van der Waals surface area contributed by atoms with Crippen LogP contribution in [-0.2, 0) is 11.2 Å². The molecule has 0 bridgehead atoms. The Kier molecular flexibility index (Phi) is 7.27. The lowest BCUT2D eigenvalue weighted by Gasteiger charge is -2.26. The number of nitrogens with zero attached hydrogens (tertiary/aromatic N) is 3. The normalized spacial score (nSPS) is 14.6. The van der Waals surface area contributed by atoms with E-state index in [1.165, 1.54) is 6.07 Å². The predicted molar refractivity (Wildman–Crippen MR) is 105 cm³/mol. The van der Waals surface area contributed by atoms with Crippen molar-refractivity contribution in [2.45, 2.75) is 13.3 Å². The highest BCUT2D eigenvalue weighted by Gasteiger charge is 2.13. The number of nitrogens with one attached hydrogen (secondary N) is 2. The third-order valence-corrected chi connectivity index (χ3v) is 4.54. The lowest BCUT2D eigenvalue weighted by Crippen LogP contribution is -2.41. The number of benzene rings is 1. The number of ether oxygens (including phenoxy) is 1. The zero-order valence-electron chi connectivity index (χ0n) is 16.1. The second kappa shape index (κ2) is 10.1. The van der Waals surface area contributed by atoms with Gasteiger partial charge in [-0.15, -0.1) is 0 Å². The van der Waals surface area contributed by atoms with E-state index in [0.717, 1.165) is 32.8 Å². The van der Waals surface area contributed by atoms with E-state index in [0.29, 0.717) is 42.4 Å². The highest BCUT2D eigenvalue weighted by molar-refractivity contribution is 5.92. The van der Waals surface area contributed by atoms with E-state index in [1.807, 2.05) is 6.92 Å². The van der Waals surface area contributed by atoms with Gasteiger partial charge in [0.1, 0.15) is 11.5 Å². The number of hydrogen-bond donors (Lipinski definition) is 2. The summed E-state index contributed by atoms with van der Waals surface area (Å²) in [4.78, 5) is 23.3. The van der Waals surface area contributed by atoms with Gasteiger partial charge < -0.3 is 15.4 Å². The third-order valence-electron chi connectivity index (χ3n) is 4.54. The van der Waals surface area contributed by atoms with E-state index in [2.05, 4.69) is 25.5 Å². The molecule has 1 aliphatic rings. The number of morpholine rings is 1. The zero-order valence-corrected chi connectivity index (χ0v) is 16.1. The van der Waals surface area contributed by atoms with Crippen LogP contribution in [0.5, 0.6) is 0 Å². The number of halogens is 1. The van der Waals surface area contributed by atoms with Crippen molar-refractivity contribution in [3.63, 3.8) is 0 Å². The second-order valence-corrected chi connectivity index (χ2v) is 6.70. The Hall–Kier alpha value is -2.58. The predicted octanol–water partition coefficient (Wildman–Crippen LogP) is 1.64. The largest absolute Gasteiger partial charge is 0.379 e. The highest BCUT2D eigenvalue weighted by Crippen LogP contribution is 2.09. The Morgan fingerprint density at radius 2 is 2.00 bits per heavy atom. The van der Waals surface area contributed by atoms with Gasteiger partial charge in [0.25, 0.3) is 5.91 Å². The molecule has 150 valence electrons. The first-order chi connectivity index (χ1) is 13.6. The molecule has 7 nitrogen and oxygen atoms in total. The van der Waals surface area contributed by atoms with Crippen LogP contribution in [0.15, 0.2) is 30.3 Å². The lowest BCUT2D eigenvalue weighted by molar-refractivity contribution is 0.0383. The highest BCUT2D eigenvalue weighted by atomic mass is 19.1. The van der Waals surface area contributed by atoms with E-state index in [4.69, 9.17) is 4.74 Å². The molecule has 0 spiro atoms. The topological polar surface area (TPSA) is 79.4 Å². The number of rotatable bonds is 8. The summed E-state index contributed by atoms with van der Waals surface area (Å²) in [5.74, 6) is -0.0830. The van der Waals surface area contributed by atoms with Crippen molar-refractivity contribution in [2.75, 3.05) is 51.3 Å². The number of aromatic nitrogens is 2. The summed E-state index contributed by atoms with van der Waals surface area (Å²) in [6, 6.07) is 8.33. The summed E-state index contributed by atoms with van der Waals surface area (Å²) in [6.07, 6.45) is 0.505. The summed E-state index contributed by atoms with van der Waals surface area (Å²) >= 11 is 0. The molecule has 1 aromatic carbocycles. The molecule has 2 heterocycles. The summed E-state index contributed by atoms with van der Waals surface area (Å²) < 4.78 is 19.0. The minimum atomic E-state index is -0.227. The average Bonchev–Trinajstić information content (AvgIpc) is 2.70. The SMILES string of the molecule is Cc1cc(C(=O)NCCN2CCOCC2)nc(NCCc2ccccc2F)n1. The van der Waals surface area contributed by atoms with Crippen molar-refractivity contribution >= 4 is 11.9 Å². The van der Waals surface area contributed by atoms with E-state index < -0.39 is 0 Å². The maximum absolute atomic E-state index is 13.7. The van der Waals surface area contributed by atoms with E-state index in [9.17, 15) is 9.18 Å². The molecule has 8 heteroatoms. The Balaban J connectivity index is 1.50. The molecule has 0 atom stereocenters. The zero-order chi connectivity index (χ0) is 19.8.